The lowest BCUT2D eigenvalue weighted by Crippen LogP contribution is -2.47. The lowest BCUT2D eigenvalue weighted by atomic mass is 10.2. The van der Waals surface area contributed by atoms with E-state index >= 15 is 0 Å². The Morgan fingerprint density at radius 1 is 1.69 bits per heavy atom. The molecule has 1 heterocycles. The van der Waals surface area contributed by atoms with Crippen LogP contribution < -0.4 is 11.1 Å². The summed E-state index contributed by atoms with van der Waals surface area (Å²) in [4.78, 5) is 13.7. The predicted octanol–water partition coefficient (Wildman–Crippen LogP) is -0.439. The van der Waals surface area contributed by atoms with Crippen molar-refractivity contribution < 1.29 is 9.53 Å². The molecule has 0 aliphatic carbocycles. The highest BCUT2D eigenvalue weighted by molar-refractivity contribution is 5.76. The maximum absolute atomic E-state index is 11.4. The monoisotopic (exact) mass is 229 g/mol. The molecular formula is C11H23N3O2. The van der Waals surface area contributed by atoms with Gasteiger partial charge in [0, 0.05) is 32.1 Å². The Morgan fingerprint density at radius 3 is 3.06 bits per heavy atom. The number of nitrogens with zero attached hydrogens (tertiary/aromatic N) is 1. The zero-order valence-electron chi connectivity index (χ0n) is 10.2. The van der Waals surface area contributed by atoms with Gasteiger partial charge in [-0.2, -0.15) is 0 Å². The summed E-state index contributed by atoms with van der Waals surface area (Å²) in [6.45, 7) is 8.22. The van der Waals surface area contributed by atoms with E-state index in [0.29, 0.717) is 13.0 Å². The van der Waals surface area contributed by atoms with E-state index in [2.05, 4.69) is 17.1 Å². The molecule has 16 heavy (non-hydrogen) atoms. The van der Waals surface area contributed by atoms with Crippen LogP contribution >= 0.6 is 0 Å². The van der Waals surface area contributed by atoms with E-state index < -0.39 is 0 Å². The summed E-state index contributed by atoms with van der Waals surface area (Å²) in [7, 11) is 0. The molecule has 0 spiro atoms. The average molecular weight is 229 g/mol. The molecule has 0 saturated carbocycles. The predicted molar refractivity (Wildman–Crippen MR) is 63.1 cm³/mol. The maximum atomic E-state index is 11.4. The van der Waals surface area contributed by atoms with Gasteiger partial charge in [-0.05, 0) is 13.5 Å². The van der Waals surface area contributed by atoms with Crippen LogP contribution in [0.15, 0.2) is 0 Å². The van der Waals surface area contributed by atoms with Gasteiger partial charge in [-0.15, -0.1) is 0 Å². The van der Waals surface area contributed by atoms with Crippen LogP contribution in [0.5, 0.6) is 0 Å². The van der Waals surface area contributed by atoms with Crippen molar-refractivity contribution in [3.63, 3.8) is 0 Å². The Kier molecular flexibility index (Phi) is 5.73. The van der Waals surface area contributed by atoms with Gasteiger partial charge >= 0.3 is 0 Å². The summed E-state index contributed by atoms with van der Waals surface area (Å²) in [6, 6.07) is -0.0839. The molecule has 2 atom stereocenters. The fraction of sp³-hybridized carbons (Fsp3) is 0.909. The number of carbonyl (C=O) groups excluding carboxylic acids is 1. The Labute approximate surface area is 97.3 Å². The number of nitrogens with one attached hydrogen (secondary N) is 1. The second-order valence-corrected chi connectivity index (χ2v) is 4.37. The fourth-order valence-corrected chi connectivity index (χ4v) is 1.78. The van der Waals surface area contributed by atoms with E-state index in [4.69, 9.17) is 10.5 Å². The summed E-state index contributed by atoms with van der Waals surface area (Å²) >= 11 is 0. The zero-order valence-corrected chi connectivity index (χ0v) is 10.2. The van der Waals surface area contributed by atoms with Crippen molar-refractivity contribution in [3.05, 3.63) is 0 Å². The molecule has 0 radical (unpaired) electrons. The lowest BCUT2D eigenvalue weighted by molar-refractivity contribution is -0.122. The van der Waals surface area contributed by atoms with Crippen LogP contribution in [-0.2, 0) is 9.53 Å². The second-order valence-electron chi connectivity index (χ2n) is 4.37. The van der Waals surface area contributed by atoms with Gasteiger partial charge in [-0.25, -0.2) is 0 Å². The molecule has 5 nitrogen and oxygen atoms in total. The van der Waals surface area contributed by atoms with Crippen LogP contribution in [-0.4, -0.2) is 55.7 Å². The SMILES string of the molecule is CCN1CCOC(CNC(=O)CC(C)N)C1. The number of likely N-dealkylation sites (N-methyl/N-ethyl adjacent to an activating group) is 1. The van der Waals surface area contributed by atoms with Crippen LogP contribution in [0.25, 0.3) is 0 Å². The zero-order chi connectivity index (χ0) is 12.0. The van der Waals surface area contributed by atoms with Crippen molar-refractivity contribution in [1.29, 1.82) is 0 Å². The van der Waals surface area contributed by atoms with Crippen LogP contribution in [0.3, 0.4) is 0 Å². The van der Waals surface area contributed by atoms with Gasteiger partial charge in [0.05, 0.1) is 12.7 Å². The highest BCUT2D eigenvalue weighted by Crippen LogP contribution is 2.03. The summed E-state index contributed by atoms with van der Waals surface area (Å²) < 4.78 is 5.58. The molecule has 94 valence electrons. The fourth-order valence-electron chi connectivity index (χ4n) is 1.78. The smallest absolute Gasteiger partial charge is 0.221 e. The number of carbonyl (C=O) groups is 1. The van der Waals surface area contributed by atoms with Gasteiger partial charge in [-0.1, -0.05) is 6.92 Å². The molecular weight excluding hydrogens is 206 g/mol. The minimum absolute atomic E-state index is 0.00669. The molecule has 1 amide bonds. The van der Waals surface area contributed by atoms with Crippen LogP contribution in [0, 0.1) is 0 Å². The van der Waals surface area contributed by atoms with Crippen molar-refractivity contribution in [1.82, 2.24) is 10.2 Å². The van der Waals surface area contributed by atoms with Gasteiger partial charge in [0.1, 0.15) is 0 Å². The maximum Gasteiger partial charge on any atom is 0.221 e. The first kappa shape index (κ1) is 13.4. The third-order valence-electron chi connectivity index (χ3n) is 2.70. The van der Waals surface area contributed by atoms with Crippen LogP contribution in [0.4, 0.5) is 0 Å². The number of ether oxygens (including phenoxy) is 1. The normalized spacial score (nSPS) is 24.1. The molecule has 1 rings (SSSR count). The van der Waals surface area contributed by atoms with Crippen molar-refractivity contribution in [3.8, 4) is 0 Å². The van der Waals surface area contributed by atoms with E-state index in [0.717, 1.165) is 26.2 Å². The Morgan fingerprint density at radius 2 is 2.44 bits per heavy atom. The minimum Gasteiger partial charge on any atom is -0.374 e. The standard InChI is InChI=1S/C11H23N3O2/c1-3-14-4-5-16-10(8-14)7-13-11(15)6-9(2)12/h9-10H,3-8,12H2,1-2H3,(H,13,15). The van der Waals surface area contributed by atoms with E-state index in [9.17, 15) is 4.79 Å². The van der Waals surface area contributed by atoms with Crippen molar-refractivity contribution in [2.45, 2.75) is 32.4 Å². The Balaban J connectivity index is 2.19. The molecule has 5 heteroatoms. The van der Waals surface area contributed by atoms with E-state index in [1.807, 2.05) is 6.92 Å². The molecule has 0 aromatic carbocycles. The van der Waals surface area contributed by atoms with Crippen molar-refractivity contribution in [2.75, 3.05) is 32.8 Å². The van der Waals surface area contributed by atoms with Crippen molar-refractivity contribution >= 4 is 5.91 Å². The quantitative estimate of drug-likeness (QED) is 0.671. The summed E-state index contributed by atoms with van der Waals surface area (Å²) in [5, 5.41) is 2.86. The summed E-state index contributed by atoms with van der Waals surface area (Å²) in [5.41, 5.74) is 5.55. The molecule has 1 saturated heterocycles. The van der Waals surface area contributed by atoms with Gasteiger partial charge < -0.3 is 15.8 Å². The van der Waals surface area contributed by atoms with Crippen LogP contribution in [0.1, 0.15) is 20.3 Å². The molecule has 0 aromatic heterocycles. The van der Waals surface area contributed by atoms with Gasteiger partial charge in [0.25, 0.3) is 0 Å². The van der Waals surface area contributed by atoms with E-state index in [1.165, 1.54) is 0 Å². The Bertz CT molecular complexity index is 221. The van der Waals surface area contributed by atoms with Crippen LogP contribution in [0.2, 0.25) is 0 Å². The summed E-state index contributed by atoms with van der Waals surface area (Å²) in [6.07, 6.45) is 0.496. The van der Waals surface area contributed by atoms with Gasteiger partial charge in [-0.3, -0.25) is 9.69 Å². The summed E-state index contributed by atoms with van der Waals surface area (Å²) in [5.74, 6) is 0.00669. The molecule has 3 N–H and O–H groups in total. The average Bonchev–Trinajstić information content (AvgIpc) is 2.26. The first-order chi connectivity index (χ1) is 7.61. The molecule has 0 bridgehead atoms. The topological polar surface area (TPSA) is 67.6 Å². The number of rotatable bonds is 5. The number of amides is 1. The van der Waals surface area contributed by atoms with E-state index in [1.54, 1.807) is 0 Å². The minimum atomic E-state index is -0.0839. The largest absolute Gasteiger partial charge is 0.374 e. The molecule has 0 aromatic rings. The molecule has 1 fully saturated rings. The number of hydrogen-bond donors (Lipinski definition) is 2. The highest BCUT2D eigenvalue weighted by atomic mass is 16.5. The number of morpholine rings is 1. The third-order valence-corrected chi connectivity index (χ3v) is 2.70. The second kappa shape index (κ2) is 6.83. The number of hydrogen-bond acceptors (Lipinski definition) is 4. The molecule has 1 aliphatic rings. The first-order valence-electron chi connectivity index (χ1n) is 5.98. The van der Waals surface area contributed by atoms with Gasteiger partial charge in [0.15, 0.2) is 0 Å². The highest BCUT2D eigenvalue weighted by Gasteiger charge is 2.19. The van der Waals surface area contributed by atoms with Gasteiger partial charge in [0.2, 0.25) is 5.91 Å². The first-order valence-corrected chi connectivity index (χ1v) is 5.98. The van der Waals surface area contributed by atoms with E-state index in [-0.39, 0.29) is 18.1 Å². The van der Waals surface area contributed by atoms with Crippen molar-refractivity contribution in [2.24, 2.45) is 5.73 Å². The lowest BCUT2D eigenvalue weighted by Gasteiger charge is -2.32. The third kappa shape index (κ3) is 4.92. The molecule has 1 aliphatic heterocycles. The molecule has 2 unspecified atom stereocenters. The Hall–Kier alpha value is -0.650. The number of nitrogens with two attached hydrogens (primary N) is 1.